The van der Waals surface area contributed by atoms with Gasteiger partial charge in [0, 0.05) is 37.9 Å². The molecule has 3 aromatic rings. The van der Waals surface area contributed by atoms with Crippen molar-refractivity contribution >= 4 is 44.3 Å². The van der Waals surface area contributed by atoms with E-state index in [1.54, 1.807) is 29.7 Å². The highest BCUT2D eigenvalue weighted by Gasteiger charge is 2.26. The number of hydrogen-bond donors (Lipinski definition) is 0. The normalized spacial score (nSPS) is 16.5. The Hall–Kier alpha value is -2.58. The number of piperazine rings is 1. The Balaban J connectivity index is 1.30. The van der Waals surface area contributed by atoms with Crippen molar-refractivity contribution < 1.29 is 14.3 Å². The smallest absolute Gasteiger partial charge is 0.254 e. The molecule has 9 heteroatoms. The summed E-state index contributed by atoms with van der Waals surface area (Å²) in [5.74, 6) is 0.992. The van der Waals surface area contributed by atoms with Crippen LogP contribution in [-0.2, 0) is 0 Å². The fraction of sp³-hybridized carbons (Fsp3) is 0.316. The number of ether oxygens (including phenoxy) is 2. The SMILES string of the molecule is O=C(c1cc(Cl)c2c(c1)OCCO2)N1CCN(c2nc3cccnc3s2)CC1. The fourth-order valence-corrected chi connectivity index (χ4v) is 4.64. The van der Waals surface area contributed by atoms with Crippen LogP contribution >= 0.6 is 22.9 Å². The molecule has 0 bridgehead atoms. The molecule has 5 rings (SSSR count). The minimum atomic E-state index is -0.0514. The molecule has 0 atom stereocenters. The van der Waals surface area contributed by atoms with Crippen LogP contribution in [0.5, 0.6) is 11.5 Å². The molecule has 0 spiro atoms. The third-order valence-electron chi connectivity index (χ3n) is 4.84. The van der Waals surface area contributed by atoms with Crippen LogP contribution in [0.2, 0.25) is 5.02 Å². The molecule has 144 valence electrons. The molecule has 7 nitrogen and oxygen atoms in total. The molecule has 1 fully saturated rings. The average Bonchev–Trinajstić information content (AvgIpc) is 3.18. The first-order valence-corrected chi connectivity index (χ1v) is 10.2. The Morgan fingerprint density at radius 1 is 1.14 bits per heavy atom. The second kappa shape index (κ2) is 7.10. The van der Waals surface area contributed by atoms with E-state index >= 15 is 0 Å². The van der Waals surface area contributed by atoms with E-state index in [0.29, 0.717) is 48.4 Å². The maximum atomic E-state index is 13.0. The quantitative estimate of drug-likeness (QED) is 0.639. The third-order valence-corrected chi connectivity index (χ3v) is 6.16. The summed E-state index contributed by atoms with van der Waals surface area (Å²) in [6.45, 7) is 3.61. The number of fused-ring (bicyclic) bond motifs is 2. The van der Waals surface area contributed by atoms with Crippen molar-refractivity contribution in [2.45, 2.75) is 0 Å². The highest BCUT2D eigenvalue weighted by molar-refractivity contribution is 7.21. The Kier molecular flexibility index (Phi) is 4.44. The number of halogens is 1. The molecule has 2 aromatic heterocycles. The highest BCUT2D eigenvalue weighted by atomic mass is 35.5. The van der Waals surface area contributed by atoms with Gasteiger partial charge in [0.2, 0.25) is 0 Å². The van der Waals surface area contributed by atoms with Gasteiger partial charge in [0.25, 0.3) is 5.91 Å². The molecular formula is C19H17ClN4O3S. The van der Waals surface area contributed by atoms with Gasteiger partial charge in [-0.25, -0.2) is 9.97 Å². The zero-order valence-corrected chi connectivity index (χ0v) is 16.5. The van der Waals surface area contributed by atoms with Crippen molar-refractivity contribution in [3.8, 4) is 11.5 Å². The summed E-state index contributed by atoms with van der Waals surface area (Å²) < 4.78 is 11.1. The topological polar surface area (TPSA) is 67.8 Å². The Morgan fingerprint density at radius 3 is 2.79 bits per heavy atom. The number of carbonyl (C=O) groups is 1. The number of benzene rings is 1. The predicted octanol–water partition coefficient (Wildman–Crippen LogP) is 3.08. The van der Waals surface area contributed by atoms with Gasteiger partial charge in [0.15, 0.2) is 16.6 Å². The van der Waals surface area contributed by atoms with Gasteiger partial charge in [-0.1, -0.05) is 22.9 Å². The molecule has 0 N–H and O–H groups in total. The minimum absolute atomic E-state index is 0.0514. The number of thiazole rings is 1. The van der Waals surface area contributed by atoms with E-state index in [1.165, 1.54) is 0 Å². The average molecular weight is 417 g/mol. The summed E-state index contributed by atoms with van der Waals surface area (Å²) in [6.07, 6.45) is 1.78. The van der Waals surface area contributed by atoms with Crippen LogP contribution in [0.1, 0.15) is 10.4 Å². The van der Waals surface area contributed by atoms with Crippen LogP contribution in [0, 0.1) is 0 Å². The molecule has 2 aliphatic heterocycles. The number of aromatic nitrogens is 2. The van der Waals surface area contributed by atoms with Crippen molar-refractivity contribution in [2.75, 3.05) is 44.3 Å². The van der Waals surface area contributed by atoms with Crippen molar-refractivity contribution in [2.24, 2.45) is 0 Å². The fourth-order valence-electron chi connectivity index (χ4n) is 3.41. The zero-order valence-electron chi connectivity index (χ0n) is 14.9. The van der Waals surface area contributed by atoms with Crippen LogP contribution in [0.4, 0.5) is 5.13 Å². The molecule has 4 heterocycles. The van der Waals surface area contributed by atoms with Gasteiger partial charge in [-0.3, -0.25) is 4.79 Å². The van der Waals surface area contributed by atoms with Gasteiger partial charge in [-0.15, -0.1) is 0 Å². The van der Waals surface area contributed by atoms with E-state index in [0.717, 1.165) is 28.6 Å². The lowest BCUT2D eigenvalue weighted by Gasteiger charge is -2.34. The van der Waals surface area contributed by atoms with Gasteiger partial charge in [0.05, 0.1) is 5.02 Å². The third kappa shape index (κ3) is 3.12. The summed E-state index contributed by atoms with van der Waals surface area (Å²) >= 11 is 7.86. The number of rotatable bonds is 2. The summed E-state index contributed by atoms with van der Waals surface area (Å²) in [5, 5.41) is 1.35. The van der Waals surface area contributed by atoms with E-state index in [-0.39, 0.29) is 5.91 Å². The minimum Gasteiger partial charge on any atom is -0.486 e. The van der Waals surface area contributed by atoms with Crippen LogP contribution in [0.3, 0.4) is 0 Å². The number of amides is 1. The maximum absolute atomic E-state index is 13.0. The molecule has 2 aliphatic rings. The van der Waals surface area contributed by atoms with Crippen molar-refractivity contribution in [1.82, 2.24) is 14.9 Å². The van der Waals surface area contributed by atoms with Gasteiger partial charge >= 0.3 is 0 Å². The Bertz CT molecular complexity index is 1020. The number of nitrogens with zero attached hydrogens (tertiary/aromatic N) is 4. The molecule has 1 saturated heterocycles. The van der Waals surface area contributed by atoms with E-state index in [4.69, 9.17) is 21.1 Å². The molecule has 0 unspecified atom stereocenters. The number of pyridine rings is 1. The van der Waals surface area contributed by atoms with Crippen LogP contribution in [-0.4, -0.2) is 60.2 Å². The molecule has 1 amide bonds. The standard InChI is InChI=1S/C19H17ClN4O3S/c20-13-10-12(11-15-16(13)27-9-8-26-15)18(25)23-4-6-24(7-5-23)19-22-14-2-1-3-21-17(14)28-19/h1-3,10-11H,4-9H2. The second-order valence-electron chi connectivity index (χ2n) is 6.59. The van der Waals surface area contributed by atoms with E-state index < -0.39 is 0 Å². The molecule has 0 aliphatic carbocycles. The van der Waals surface area contributed by atoms with Gasteiger partial charge in [-0.2, -0.15) is 0 Å². The van der Waals surface area contributed by atoms with Crippen molar-refractivity contribution in [1.29, 1.82) is 0 Å². The van der Waals surface area contributed by atoms with E-state index in [2.05, 4.69) is 14.9 Å². The molecular weight excluding hydrogens is 400 g/mol. The van der Waals surface area contributed by atoms with Crippen LogP contribution in [0.15, 0.2) is 30.5 Å². The molecule has 0 saturated carbocycles. The number of anilines is 1. The molecule has 28 heavy (non-hydrogen) atoms. The van der Waals surface area contributed by atoms with Crippen LogP contribution in [0.25, 0.3) is 10.3 Å². The van der Waals surface area contributed by atoms with Gasteiger partial charge in [-0.05, 0) is 24.3 Å². The monoisotopic (exact) mass is 416 g/mol. The summed E-state index contributed by atoms with van der Waals surface area (Å²) in [4.78, 5) is 26.9. The summed E-state index contributed by atoms with van der Waals surface area (Å²) in [5.41, 5.74) is 1.43. The lowest BCUT2D eigenvalue weighted by Crippen LogP contribution is -2.48. The lowest BCUT2D eigenvalue weighted by molar-refractivity contribution is 0.0745. The number of carbonyl (C=O) groups excluding carboxylic acids is 1. The van der Waals surface area contributed by atoms with Crippen molar-refractivity contribution in [3.63, 3.8) is 0 Å². The van der Waals surface area contributed by atoms with E-state index in [9.17, 15) is 4.79 Å². The maximum Gasteiger partial charge on any atom is 0.254 e. The highest BCUT2D eigenvalue weighted by Crippen LogP contribution is 2.38. The summed E-state index contributed by atoms with van der Waals surface area (Å²) in [7, 11) is 0. The Morgan fingerprint density at radius 2 is 1.96 bits per heavy atom. The largest absolute Gasteiger partial charge is 0.486 e. The zero-order chi connectivity index (χ0) is 19.1. The molecule has 0 radical (unpaired) electrons. The first-order valence-electron chi connectivity index (χ1n) is 9.04. The number of hydrogen-bond acceptors (Lipinski definition) is 7. The summed E-state index contributed by atoms with van der Waals surface area (Å²) in [6, 6.07) is 7.23. The van der Waals surface area contributed by atoms with Crippen molar-refractivity contribution in [3.05, 3.63) is 41.0 Å². The van der Waals surface area contributed by atoms with Gasteiger partial charge in [0.1, 0.15) is 23.6 Å². The predicted molar refractivity (Wildman–Crippen MR) is 108 cm³/mol. The van der Waals surface area contributed by atoms with Crippen LogP contribution < -0.4 is 14.4 Å². The molecule has 1 aromatic carbocycles. The first-order chi connectivity index (χ1) is 13.7. The van der Waals surface area contributed by atoms with Gasteiger partial charge < -0.3 is 19.3 Å². The van der Waals surface area contributed by atoms with E-state index in [1.807, 2.05) is 17.0 Å². The Labute approximate surface area is 170 Å². The lowest BCUT2D eigenvalue weighted by atomic mass is 10.1. The second-order valence-corrected chi connectivity index (χ2v) is 7.95. The first kappa shape index (κ1) is 17.5.